The van der Waals surface area contributed by atoms with Gasteiger partial charge in [-0.2, -0.15) is 5.26 Å². The van der Waals surface area contributed by atoms with Crippen LogP contribution < -0.4 is 14.5 Å². The number of aromatic amines is 1. The number of fused-ring (bicyclic) bond motifs is 1. The fraction of sp³-hybridized carbons (Fsp3) is 0.333. The van der Waals surface area contributed by atoms with Gasteiger partial charge in [0, 0.05) is 45.0 Å². The molecule has 174 valence electrons. The molecule has 12 heteroatoms. The van der Waals surface area contributed by atoms with Crippen molar-refractivity contribution in [3.63, 3.8) is 0 Å². The molecule has 3 rings (SSSR count). The number of H-pyrrole nitrogens is 1. The van der Waals surface area contributed by atoms with E-state index < -0.39 is 10.0 Å². The second kappa shape index (κ2) is 9.43. The molecule has 0 fully saturated rings. The Bertz CT molecular complexity index is 1330. The summed E-state index contributed by atoms with van der Waals surface area (Å²) in [6, 6.07) is 7.15. The first-order valence-electron chi connectivity index (χ1n) is 10.0. The molecule has 3 heterocycles. The predicted octanol–water partition coefficient (Wildman–Crippen LogP) is 1.28. The zero-order chi connectivity index (χ0) is 24.3. The number of anilines is 3. The van der Waals surface area contributed by atoms with Gasteiger partial charge in [0.25, 0.3) is 5.91 Å². The Morgan fingerprint density at radius 1 is 1.24 bits per heavy atom. The van der Waals surface area contributed by atoms with Crippen molar-refractivity contribution in [2.24, 2.45) is 0 Å². The number of sulfonamides is 1. The standard InChI is InChI=1S/C21H26N8O3S/c1-27(2)10-9-24-21(30)16-11-15-18(14(12-22)13-25-19(15)26-16)28(3)17-7-6-8-23-20(17)29(4)33(5,31)32/h6-8,11,13H,9-10H2,1-5H3,(H,24,30)(H,25,26). The summed E-state index contributed by atoms with van der Waals surface area (Å²) >= 11 is 0. The molecular weight excluding hydrogens is 444 g/mol. The number of pyridine rings is 2. The maximum atomic E-state index is 12.6. The number of carbonyl (C=O) groups excluding carboxylic acids is 1. The molecule has 0 spiro atoms. The van der Waals surface area contributed by atoms with E-state index >= 15 is 0 Å². The van der Waals surface area contributed by atoms with Crippen LogP contribution >= 0.6 is 0 Å². The molecule has 11 nitrogen and oxygen atoms in total. The Hall–Kier alpha value is -3.69. The largest absolute Gasteiger partial charge is 0.349 e. The first-order valence-corrected chi connectivity index (χ1v) is 11.9. The molecule has 0 aliphatic carbocycles. The van der Waals surface area contributed by atoms with Gasteiger partial charge in [-0.05, 0) is 32.3 Å². The Kier molecular flexibility index (Phi) is 6.85. The summed E-state index contributed by atoms with van der Waals surface area (Å²) in [6.45, 7) is 1.16. The van der Waals surface area contributed by atoms with Crippen molar-refractivity contribution >= 4 is 44.2 Å². The summed E-state index contributed by atoms with van der Waals surface area (Å²) in [6.07, 6.45) is 3.99. The van der Waals surface area contributed by atoms with Gasteiger partial charge in [-0.1, -0.05) is 0 Å². The van der Waals surface area contributed by atoms with E-state index in [1.165, 1.54) is 19.4 Å². The minimum absolute atomic E-state index is 0.202. The summed E-state index contributed by atoms with van der Waals surface area (Å²) in [5.74, 6) is -0.0885. The number of amides is 1. The van der Waals surface area contributed by atoms with E-state index in [0.717, 1.165) is 10.6 Å². The van der Waals surface area contributed by atoms with E-state index in [9.17, 15) is 18.5 Å². The zero-order valence-electron chi connectivity index (χ0n) is 19.1. The highest BCUT2D eigenvalue weighted by Crippen LogP contribution is 2.37. The Labute approximate surface area is 192 Å². The lowest BCUT2D eigenvalue weighted by Crippen LogP contribution is -2.31. The summed E-state index contributed by atoms with van der Waals surface area (Å²) < 4.78 is 25.3. The van der Waals surface area contributed by atoms with Crippen LogP contribution in [-0.2, 0) is 10.0 Å². The van der Waals surface area contributed by atoms with Crippen LogP contribution in [0.15, 0.2) is 30.6 Å². The molecule has 3 aromatic heterocycles. The quantitative estimate of drug-likeness (QED) is 0.502. The molecule has 0 saturated carbocycles. The average Bonchev–Trinajstić information content (AvgIpc) is 3.21. The van der Waals surface area contributed by atoms with Gasteiger partial charge < -0.3 is 20.1 Å². The second-order valence-electron chi connectivity index (χ2n) is 7.77. The van der Waals surface area contributed by atoms with Crippen molar-refractivity contribution in [3.8, 4) is 6.07 Å². The van der Waals surface area contributed by atoms with Crippen LogP contribution in [0, 0.1) is 11.3 Å². The molecule has 33 heavy (non-hydrogen) atoms. The number of hydrogen-bond donors (Lipinski definition) is 2. The van der Waals surface area contributed by atoms with Crippen molar-refractivity contribution in [1.82, 2.24) is 25.2 Å². The molecule has 0 aliphatic rings. The van der Waals surface area contributed by atoms with Gasteiger partial charge in [0.15, 0.2) is 5.82 Å². The number of rotatable bonds is 8. The molecular formula is C21H26N8O3S. The molecule has 0 bridgehead atoms. The lowest BCUT2D eigenvalue weighted by molar-refractivity contribution is 0.0947. The molecule has 2 N–H and O–H groups in total. The molecule has 0 saturated heterocycles. The number of likely N-dealkylation sites (N-methyl/N-ethyl adjacent to an activating group) is 1. The van der Waals surface area contributed by atoms with Gasteiger partial charge in [0.2, 0.25) is 10.0 Å². The lowest BCUT2D eigenvalue weighted by Gasteiger charge is -2.26. The second-order valence-corrected chi connectivity index (χ2v) is 9.79. The minimum Gasteiger partial charge on any atom is -0.349 e. The van der Waals surface area contributed by atoms with Crippen LogP contribution in [0.4, 0.5) is 17.2 Å². The Balaban J connectivity index is 2.09. The van der Waals surface area contributed by atoms with Gasteiger partial charge in [0.05, 0.1) is 23.2 Å². The molecule has 0 unspecified atom stereocenters. The van der Waals surface area contributed by atoms with Crippen molar-refractivity contribution in [1.29, 1.82) is 5.26 Å². The van der Waals surface area contributed by atoms with Gasteiger partial charge >= 0.3 is 0 Å². The fourth-order valence-electron chi connectivity index (χ4n) is 3.29. The number of aromatic nitrogens is 3. The number of nitrogens with one attached hydrogen (secondary N) is 2. The third-order valence-electron chi connectivity index (χ3n) is 5.10. The smallest absolute Gasteiger partial charge is 0.267 e. The minimum atomic E-state index is -3.57. The maximum absolute atomic E-state index is 12.6. The van der Waals surface area contributed by atoms with Gasteiger partial charge in [-0.15, -0.1) is 0 Å². The fourth-order valence-corrected chi connectivity index (χ4v) is 3.74. The van der Waals surface area contributed by atoms with E-state index in [4.69, 9.17) is 0 Å². The monoisotopic (exact) mass is 470 g/mol. The predicted molar refractivity (Wildman–Crippen MR) is 127 cm³/mol. The molecule has 3 aromatic rings. The van der Waals surface area contributed by atoms with Crippen molar-refractivity contribution in [2.75, 3.05) is 56.7 Å². The highest BCUT2D eigenvalue weighted by Gasteiger charge is 2.24. The van der Waals surface area contributed by atoms with Gasteiger partial charge in [0.1, 0.15) is 17.4 Å². The molecule has 0 radical (unpaired) electrons. The van der Waals surface area contributed by atoms with E-state index in [-0.39, 0.29) is 17.3 Å². The number of hydrogen-bond acceptors (Lipinski definition) is 8. The average molecular weight is 471 g/mol. The van der Waals surface area contributed by atoms with Crippen molar-refractivity contribution in [3.05, 3.63) is 41.9 Å². The summed E-state index contributed by atoms with van der Waals surface area (Å²) in [5.41, 5.74) is 1.94. The zero-order valence-corrected chi connectivity index (χ0v) is 19.9. The normalized spacial score (nSPS) is 11.4. The molecule has 0 aliphatic heterocycles. The van der Waals surface area contributed by atoms with Gasteiger partial charge in [-0.25, -0.2) is 18.4 Å². The molecule has 0 aromatic carbocycles. The van der Waals surface area contributed by atoms with Crippen molar-refractivity contribution < 1.29 is 13.2 Å². The van der Waals surface area contributed by atoms with Crippen LogP contribution in [0.2, 0.25) is 0 Å². The van der Waals surface area contributed by atoms with Gasteiger partial charge in [-0.3, -0.25) is 9.10 Å². The third-order valence-corrected chi connectivity index (χ3v) is 6.27. The van der Waals surface area contributed by atoms with Crippen LogP contribution in [0.1, 0.15) is 16.1 Å². The Morgan fingerprint density at radius 2 is 1.97 bits per heavy atom. The van der Waals surface area contributed by atoms with E-state index in [1.54, 1.807) is 30.1 Å². The summed E-state index contributed by atoms with van der Waals surface area (Å²) in [5, 5.41) is 13.1. The third kappa shape index (κ3) is 5.05. The maximum Gasteiger partial charge on any atom is 0.267 e. The van der Waals surface area contributed by atoms with E-state index in [0.29, 0.717) is 41.2 Å². The van der Waals surface area contributed by atoms with Crippen LogP contribution in [-0.4, -0.2) is 81.7 Å². The van der Waals surface area contributed by atoms with Crippen LogP contribution in [0.5, 0.6) is 0 Å². The highest BCUT2D eigenvalue weighted by atomic mass is 32.2. The number of nitrogens with zero attached hydrogens (tertiary/aromatic N) is 6. The topological polar surface area (TPSA) is 138 Å². The van der Waals surface area contributed by atoms with Crippen molar-refractivity contribution in [2.45, 2.75) is 0 Å². The van der Waals surface area contributed by atoms with Crippen LogP contribution in [0.25, 0.3) is 11.0 Å². The molecule has 0 atom stereocenters. The SMILES string of the molecule is CN(C)CCNC(=O)c1cc2c(N(C)c3cccnc3N(C)S(C)(=O)=O)c(C#N)cnc2[nH]1. The lowest BCUT2D eigenvalue weighted by atomic mass is 10.1. The van der Waals surface area contributed by atoms with E-state index in [1.807, 2.05) is 19.0 Å². The summed E-state index contributed by atoms with van der Waals surface area (Å²) in [4.78, 5) is 27.8. The first-order chi connectivity index (χ1) is 15.5. The first kappa shape index (κ1) is 24.0. The summed E-state index contributed by atoms with van der Waals surface area (Å²) in [7, 11) is 3.38. The number of nitriles is 1. The number of carbonyl (C=O) groups is 1. The highest BCUT2D eigenvalue weighted by molar-refractivity contribution is 7.92. The van der Waals surface area contributed by atoms with E-state index in [2.05, 4.69) is 26.3 Å². The Morgan fingerprint density at radius 3 is 2.61 bits per heavy atom. The van der Waals surface area contributed by atoms with Crippen LogP contribution in [0.3, 0.4) is 0 Å². The molecule has 1 amide bonds.